The number of halogens is 1. The largest absolute Gasteiger partial charge is 0.489 e. The lowest BCUT2D eigenvalue weighted by Gasteiger charge is -2.24. The molecule has 1 fully saturated rings. The molecule has 0 N–H and O–H groups in total. The van der Waals surface area contributed by atoms with E-state index in [0.717, 1.165) is 0 Å². The summed E-state index contributed by atoms with van der Waals surface area (Å²) in [6, 6.07) is 3.07. The topological polar surface area (TPSA) is 59.5 Å². The van der Waals surface area contributed by atoms with E-state index in [1.54, 1.807) is 6.07 Å². The van der Waals surface area contributed by atoms with Crippen LogP contribution in [0.1, 0.15) is 33.6 Å². The predicted octanol–water partition coefficient (Wildman–Crippen LogP) is 2.41. The number of pyridine rings is 1. The number of hydrogen-bond acceptors (Lipinski definition) is 4. The smallest absolute Gasteiger partial charge is 0.255 e. The Labute approximate surface area is 129 Å². The lowest BCUT2D eigenvalue weighted by Crippen LogP contribution is -2.35. The highest BCUT2D eigenvalue weighted by Gasteiger charge is 2.44. The first-order valence-corrected chi connectivity index (χ1v) is 7.38. The fourth-order valence-electron chi connectivity index (χ4n) is 2.48. The number of nitrogens with zero attached hydrogens (tertiary/aromatic N) is 2. The summed E-state index contributed by atoms with van der Waals surface area (Å²) in [6.45, 7) is 6.40. The minimum absolute atomic E-state index is 0.0779. The van der Waals surface area contributed by atoms with Crippen LogP contribution in [0.3, 0.4) is 0 Å². The third-order valence-electron chi connectivity index (χ3n) is 3.80. The Hall–Kier alpha value is -1.98. The number of ether oxygens (including phenoxy) is 1. The van der Waals surface area contributed by atoms with Gasteiger partial charge in [0, 0.05) is 19.2 Å². The Morgan fingerprint density at radius 3 is 2.73 bits per heavy atom. The van der Waals surface area contributed by atoms with E-state index in [2.05, 4.69) is 4.98 Å². The molecule has 0 spiro atoms. The van der Waals surface area contributed by atoms with Gasteiger partial charge >= 0.3 is 0 Å². The number of amides is 2. The Morgan fingerprint density at radius 2 is 2.14 bits per heavy atom. The number of carbonyl (C=O) groups excluding carboxylic acids is 2. The monoisotopic (exact) mass is 307 g/mol. The van der Waals surface area contributed by atoms with Gasteiger partial charge in [-0.25, -0.2) is 4.98 Å². The summed E-state index contributed by atoms with van der Waals surface area (Å²) < 4.78 is 18.5. The molecule has 1 atom stereocenters. The second-order valence-electron chi connectivity index (χ2n) is 6.50. The highest BCUT2D eigenvalue weighted by atomic mass is 18.2. The molecule has 1 aliphatic heterocycles. The molecule has 1 saturated heterocycles. The van der Waals surface area contributed by atoms with Gasteiger partial charge in [-0.2, -0.15) is 4.39 Å². The first kappa shape index (κ1) is 16.4. The van der Waals surface area contributed by atoms with Crippen molar-refractivity contribution in [1.82, 2.24) is 9.88 Å². The van der Waals surface area contributed by atoms with Crippen molar-refractivity contribution in [3.8, 4) is 5.75 Å². The van der Waals surface area contributed by atoms with Gasteiger partial charge in [-0.3, -0.25) is 14.5 Å². The third kappa shape index (κ3) is 3.61. The van der Waals surface area contributed by atoms with Gasteiger partial charge in [-0.05, 0) is 24.0 Å². The molecule has 0 aliphatic carbocycles. The van der Waals surface area contributed by atoms with E-state index in [9.17, 15) is 14.0 Å². The first-order chi connectivity index (χ1) is 10.3. The molecule has 120 valence electrons. The number of likely N-dealkylation sites (tertiary alicyclic amines) is 1. The van der Waals surface area contributed by atoms with Crippen LogP contribution >= 0.6 is 0 Å². The van der Waals surface area contributed by atoms with E-state index in [4.69, 9.17) is 4.74 Å². The zero-order valence-electron chi connectivity index (χ0n) is 13.1. The van der Waals surface area contributed by atoms with Crippen LogP contribution in [0, 0.1) is 17.3 Å². The van der Waals surface area contributed by atoms with Gasteiger partial charge in [0.25, 0.3) is 5.95 Å². The van der Waals surface area contributed by atoms with Crippen LogP contribution in [0.25, 0.3) is 0 Å². The molecule has 2 amide bonds. The number of imide groups is 1. The molecule has 1 aromatic rings. The fraction of sp³-hybridized carbons (Fsp3) is 0.562. The van der Waals surface area contributed by atoms with Gasteiger partial charge in [0.1, 0.15) is 0 Å². The van der Waals surface area contributed by atoms with Crippen molar-refractivity contribution in [3.05, 3.63) is 24.3 Å². The summed E-state index contributed by atoms with van der Waals surface area (Å²) in [6.07, 6.45) is 2.07. The minimum atomic E-state index is -0.663. The zero-order chi connectivity index (χ0) is 16.3. The summed E-state index contributed by atoms with van der Waals surface area (Å²) in [5.41, 5.74) is -0.225. The van der Waals surface area contributed by atoms with Crippen LogP contribution in [-0.2, 0) is 9.59 Å². The molecule has 1 unspecified atom stereocenters. The van der Waals surface area contributed by atoms with E-state index in [1.165, 1.54) is 17.2 Å². The predicted molar refractivity (Wildman–Crippen MR) is 78.6 cm³/mol. The molecule has 2 rings (SSSR count). The standard InChI is InChI=1S/C16H21FN2O3/c1-16(2,3)11-10-13(20)19(15(11)21)8-5-9-22-12-6-4-7-18-14(12)17/h4,6-7,11H,5,8-10H2,1-3H3/i17-1. The SMILES string of the molecule is CC(C)(C)C1CC(=O)N(CCCOc2cccnc2[18F])C1=O. The number of aromatic nitrogens is 1. The fourth-order valence-corrected chi connectivity index (χ4v) is 2.48. The van der Waals surface area contributed by atoms with Crippen LogP contribution in [0.5, 0.6) is 5.75 Å². The van der Waals surface area contributed by atoms with E-state index in [1.807, 2.05) is 20.8 Å². The van der Waals surface area contributed by atoms with Gasteiger partial charge in [0.05, 0.1) is 12.5 Å². The first-order valence-electron chi connectivity index (χ1n) is 7.38. The van der Waals surface area contributed by atoms with Gasteiger partial charge < -0.3 is 4.74 Å². The van der Waals surface area contributed by atoms with Crippen molar-refractivity contribution < 1.29 is 18.7 Å². The average molecular weight is 307 g/mol. The van der Waals surface area contributed by atoms with Crippen molar-refractivity contribution in [3.63, 3.8) is 0 Å². The zero-order valence-corrected chi connectivity index (χ0v) is 13.1. The Kier molecular flexibility index (Phi) is 4.78. The number of hydrogen-bond donors (Lipinski definition) is 0. The lowest BCUT2D eigenvalue weighted by molar-refractivity contribution is -0.140. The summed E-state index contributed by atoms with van der Waals surface area (Å²) >= 11 is 0. The normalized spacial score (nSPS) is 18.9. The van der Waals surface area contributed by atoms with Crippen molar-refractivity contribution in [2.75, 3.05) is 13.2 Å². The summed E-state index contributed by atoms with van der Waals surface area (Å²) in [5, 5.41) is 0. The van der Waals surface area contributed by atoms with Crippen LogP contribution < -0.4 is 4.74 Å². The molecule has 1 aromatic heterocycles. The molecule has 22 heavy (non-hydrogen) atoms. The number of carbonyl (C=O) groups is 2. The van der Waals surface area contributed by atoms with Crippen molar-refractivity contribution >= 4 is 11.8 Å². The van der Waals surface area contributed by atoms with E-state index in [-0.39, 0.29) is 41.9 Å². The maximum atomic E-state index is 13.3. The molecule has 0 saturated carbocycles. The Balaban J connectivity index is 1.84. The molecule has 1 aliphatic rings. The molecule has 0 radical (unpaired) electrons. The van der Waals surface area contributed by atoms with Crippen LogP contribution in [-0.4, -0.2) is 34.8 Å². The highest BCUT2D eigenvalue weighted by Crippen LogP contribution is 2.35. The maximum absolute atomic E-state index is 13.3. The molecule has 2 heterocycles. The van der Waals surface area contributed by atoms with E-state index in [0.29, 0.717) is 13.0 Å². The Morgan fingerprint density at radius 1 is 1.41 bits per heavy atom. The molecule has 5 nitrogen and oxygen atoms in total. The minimum Gasteiger partial charge on any atom is -0.489 e. The van der Waals surface area contributed by atoms with Gasteiger partial charge in [0.15, 0.2) is 5.75 Å². The van der Waals surface area contributed by atoms with Crippen LogP contribution in [0.2, 0.25) is 0 Å². The summed E-state index contributed by atoms with van der Waals surface area (Å²) in [7, 11) is 0. The van der Waals surface area contributed by atoms with Gasteiger partial charge in [0.2, 0.25) is 11.8 Å². The second-order valence-corrected chi connectivity index (χ2v) is 6.50. The molecule has 0 aromatic carbocycles. The van der Waals surface area contributed by atoms with Gasteiger partial charge in [-0.1, -0.05) is 20.8 Å². The molecular weight excluding hydrogens is 286 g/mol. The molecular formula is C16H21FN2O3. The third-order valence-corrected chi connectivity index (χ3v) is 3.80. The second kappa shape index (κ2) is 6.42. The lowest BCUT2D eigenvalue weighted by atomic mass is 9.80. The van der Waals surface area contributed by atoms with Crippen molar-refractivity contribution in [2.45, 2.75) is 33.6 Å². The molecule has 0 bridgehead atoms. The quantitative estimate of drug-likeness (QED) is 0.476. The Bertz CT molecular complexity index is 569. The summed E-state index contributed by atoms with van der Waals surface area (Å²) in [5.74, 6) is -1.11. The van der Waals surface area contributed by atoms with Gasteiger partial charge in [-0.15, -0.1) is 0 Å². The average Bonchev–Trinajstić information content (AvgIpc) is 2.72. The van der Waals surface area contributed by atoms with Crippen molar-refractivity contribution in [2.24, 2.45) is 11.3 Å². The number of rotatable bonds is 5. The highest BCUT2D eigenvalue weighted by molar-refractivity contribution is 6.03. The molecule has 6 heteroatoms. The van der Waals surface area contributed by atoms with E-state index >= 15 is 0 Å². The summed E-state index contributed by atoms with van der Waals surface area (Å²) in [4.78, 5) is 29.0. The maximum Gasteiger partial charge on any atom is 0.255 e. The van der Waals surface area contributed by atoms with Crippen molar-refractivity contribution in [1.29, 1.82) is 0 Å². The van der Waals surface area contributed by atoms with Crippen LogP contribution in [0.4, 0.5) is 4.39 Å². The van der Waals surface area contributed by atoms with Crippen LogP contribution in [0.15, 0.2) is 18.3 Å². The van der Waals surface area contributed by atoms with E-state index < -0.39 is 5.95 Å².